The minimum atomic E-state index is 0.562. The van der Waals surface area contributed by atoms with Crippen LogP contribution in [0.2, 0.25) is 0 Å². The summed E-state index contributed by atoms with van der Waals surface area (Å²) in [7, 11) is 0. The first-order valence-electron chi connectivity index (χ1n) is 5.35. The molecule has 1 aliphatic carbocycles. The van der Waals surface area contributed by atoms with Gasteiger partial charge in [-0.1, -0.05) is 0 Å². The van der Waals surface area contributed by atoms with E-state index in [4.69, 9.17) is 11.6 Å². The van der Waals surface area contributed by atoms with E-state index in [9.17, 15) is 0 Å². The topological polar surface area (TPSA) is 69.9 Å². The maximum atomic E-state index is 5.92. The molecule has 15 heavy (non-hydrogen) atoms. The number of nitrogens with zero attached hydrogens (tertiary/aromatic N) is 2. The van der Waals surface area contributed by atoms with E-state index in [1.165, 1.54) is 12.8 Å². The van der Waals surface area contributed by atoms with Gasteiger partial charge in [-0.3, -0.25) is 0 Å². The predicted octanol–water partition coefficient (Wildman–Crippen LogP) is 1.35. The zero-order valence-electron chi connectivity index (χ0n) is 9.07. The Morgan fingerprint density at radius 1 is 1.53 bits per heavy atom. The minimum Gasteiger partial charge on any atom is -0.382 e. The number of aryl methyl sites for hydroxylation is 1. The number of imidazole rings is 1. The molecular formula is C10H18N4S. The normalized spacial score (nSPS) is 15.8. The molecule has 0 aliphatic heterocycles. The second-order valence-electron chi connectivity index (χ2n) is 4.04. The summed E-state index contributed by atoms with van der Waals surface area (Å²) < 4.78 is 1.58. The van der Waals surface area contributed by atoms with Crippen molar-refractivity contribution in [1.82, 2.24) is 9.66 Å². The van der Waals surface area contributed by atoms with Crippen molar-refractivity contribution in [3.8, 4) is 0 Å². The van der Waals surface area contributed by atoms with E-state index in [0.29, 0.717) is 11.7 Å². The molecule has 0 bridgehead atoms. The Morgan fingerprint density at radius 2 is 2.27 bits per heavy atom. The van der Waals surface area contributed by atoms with Gasteiger partial charge in [0.2, 0.25) is 0 Å². The molecule has 1 aromatic heterocycles. The second-order valence-corrected chi connectivity index (χ2v) is 5.03. The van der Waals surface area contributed by atoms with Crippen LogP contribution >= 0.6 is 11.8 Å². The molecule has 2 rings (SSSR count). The summed E-state index contributed by atoms with van der Waals surface area (Å²) in [4.78, 5) is 4.55. The van der Waals surface area contributed by atoms with Crippen molar-refractivity contribution in [3.05, 3.63) is 11.5 Å². The molecule has 1 fully saturated rings. The summed E-state index contributed by atoms with van der Waals surface area (Å²) in [6.45, 7) is 0. The van der Waals surface area contributed by atoms with Gasteiger partial charge < -0.3 is 11.6 Å². The van der Waals surface area contributed by atoms with Gasteiger partial charge in [0, 0.05) is 5.92 Å². The molecule has 84 valence electrons. The Labute approximate surface area is 94.4 Å². The van der Waals surface area contributed by atoms with Crippen molar-refractivity contribution in [2.45, 2.75) is 31.6 Å². The third-order valence-electron chi connectivity index (χ3n) is 2.76. The van der Waals surface area contributed by atoms with Crippen LogP contribution in [0.1, 0.15) is 36.7 Å². The first kappa shape index (κ1) is 10.7. The zero-order valence-corrected chi connectivity index (χ0v) is 9.89. The average Bonchev–Trinajstić information content (AvgIpc) is 3.01. The van der Waals surface area contributed by atoms with Crippen molar-refractivity contribution in [2.24, 2.45) is 0 Å². The third-order valence-corrected chi connectivity index (χ3v) is 3.45. The van der Waals surface area contributed by atoms with Crippen LogP contribution in [0.25, 0.3) is 0 Å². The number of anilines is 1. The quantitative estimate of drug-likeness (QED) is 0.587. The number of nitrogens with two attached hydrogens (primary N) is 2. The van der Waals surface area contributed by atoms with E-state index in [1.807, 2.05) is 11.8 Å². The van der Waals surface area contributed by atoms with Gasteiger partial charge in [0.05, 0.1) is 5.69 Å². The van der Waals surface area contributed by atoms with Crippen LogP contribution in [0.15, 0.2) is 0 Å². The van der Waals surface area contributed by atoms with Gasteiger partial charge in [-0.05, 0) is 37.7 Å². The molecule has 4 N–H and O–H groups in total. The Bertz CT molecular complexity index is 343. The van der Waals surface area contributed by atoms with Crippen molar-refractivity contribution < 1.29 is 0 Å². The molecule has 1 heterocycles. The van der Waals surface area contributed by atoms with Gasteiger partial charge in [-0.2, -0.15) is 11.8 Å². The molecule has 0 saturated heterocycles. The Morgan fingerprint density at radius 3 is 2.87 bits per heavy atom. The molecule has 0 aromatic carbocycles. The van der Waals surface area contributed by atoms with E-state index in [-0.39, 0.29) is 0 Å². The summed E-state index contributed by atoms with van der Waals surface area (Å²) in [6, 6.07) is 0. The fourth-order valence-electron chi connectivity index (χ4n) is 1.71. The lowest BCUT2D eigenvalue weighted by atomic mass is 10.2. The second kappa shape index (κ2) is 4.35. The summed E-state index contributed by atoms with van der Waals surface area (Å²) in [5.41, 5.74) is 6.90. The van der Waals surface area contributed by atoms with E-state index >= 15 is 0 Å². The van der Waals surface area contributed by atoms with Gasteiger partial charge in [-0.25, -0.2) is 9.66 Å². The molecule has 1 aliphatic rings. The summed E-state index contributed by atoms with van der Waals surface area (Å²) in [5, 5.41) is 0. The fraction of sp³-hybridized carbons (Fsp3) is 0.700. The van der Waals surface area contributed by atoms with Crippen molar-refractivity contribution >= 4 is 17.6 Å². The van der Waals surface area contributed by atoms with Crippen LogP contribution in [0.5, 0.6) is 0 Å². The Hall–Kier alpha value is -0.840. The highest BCUT2D eigenvalue weighted by molar-refractivity contribution is 7.98. The number of aromatic nitrogens is 2. The van der Waals surface area contributed by atoms with E-state index in [2.05, 4.69) is 11.2 Å². The van der Waals surface area contributed by atoms with Crippen molar-refractivity contribution in [1.29, 1.82) is 0 Å². The van der Waals surface area contributed by atoms with Crippen molar-refractivity contribution in [2.75, 3.05) is 23.6 Å². The zero-order chi connectivity index (χ0) is 10.8. The Kier molecular flexibility index (Phi) is 3.09. The maximum absolute atomic E-state index is 5.92. The molecule has 0 radical (unpaired) electrons. The molecule has 0 amide bonds. The van der Waals surface area contributed by atoms with Gasteiger partial charge in [0.1, 0.15) is 11.6 Å². The molecular weight excluding hydrogens is 208 g/mol. The molecule has 0 spiro atoms. The summed E-state index contributed by atoms with van der Waals surface area (Å²) >= 11 is 1.85. The lowest BCUT2D eigenvalue weighted by Crippen LogP contribution is -2.15. The Balaban J connectivity index is 2.06. The smallest absolute Gasteiger partial charge is 0.145 e. The third kappa shape index (κ3) is 2.22. The van der Waals surface area contributed by atoms with Crippen LogP contribution in [0.4, 0.5) is 5.82 Å². The minimum absolute atomic E-state index is 0.562. The van der Waals surface area contributed by atoms with Gasteiger partial charge >= 0.3 is 0 Å². The van der Waals surface area contributed by atoms with Gasteiger partial charge in [0.25, 0.3) is 0 Å². The lowest BCUT2D eigenvalue weighted by molar-refractivity contribution is 0.846. The molecule has 4 nitrogen and oxygen atoms in total. The largest absolute Gasteiger partial charge is 0.382 e. The van der Waals surface area contributed by atoms with Crippen LogP contribution < -0.4 is 11.6 Å². The highest BCUT2D eigenvalue weighted by Gasteiger charge is 2.29. The predicted molar refractivity (Wildman–Crippen MR) is 65.5 cm³/mol. The summed E-state index contributed by atoms with van der Waals surface area (Å²) in [5.74, 6) is 9.21. The number of hydrogen-bond donors (Lipinski definition) is 2. The van der Waals surface area contributed by atoms with Crippen LogP contribution in [-0.2, 0) is 6.42 Å². The van der Waals surface area contributed by atoms with E-state index < -0.39 is 0 Å². The average molecular weight is 226 g/mol. The molecule has 1 saturated carbocycles. The first-order valence-corrected chi connectivity index (χ1v) is 6.74. The number of hydrogen-bond acceptors (Lipinski definition) is 4. The van der Waals surface area contributed by atoms with Gasteiger partial charge in [0.15, 0.2) is 0 Å². The highest BCUT2D eigenvalue weighted by atomic mass is 32.2. The van der Waals surface area contributed by atoms with Crippen molar-refractivity contribution in [3.63, 3.8) is 0 Å². The molecule has 1 aromatic rings. The van der Waals surface area contributed by atoms with E-state index in [0.717, 1.165) is 30.1 Å². The number of thioether (sulfide) groups is 1. The van der Waals surface area contributed by atoms with E-state index in [1.54, 1.807) is 4.68 Å². The highest BCUT2D eigenvalue weighted by Crippen LogP contribution is 2.39. The van der Waals surface area contributed by atoms with Crippen LogP contribution in [-0.4, -0.2) is 21.7 Å². The van der Waals surface area contributed by atoms with Crippen LogP contribution in [0, 0.1) is 0 Å². The molecule has 0 atom stereocenters. The lowest BCUT2D eigenvalue weighted by Gasteiger charge is -2.00. The molecule has 5 heteroatoms. The summed E-state index contributed by atoms with van der Waals surface area (Å²) in [6.07, 6.45) is 6.58. The fourth-order valence-corrected chi connectivity index (χ4v) is 2.14. The molecule has 0 unspecified atom stereocenters. The monoisotopic (exact) mass is 226 g/mol. The number of nitrogen functional groups attached to an aromatic ring is 2. The first-order chi connectivity index (χ1) is 7.24. The SMILES string of the molecule is CSCCCc1nc(C2CC2)n(N)c1N. The standard InChI is InChI=1S/C10H18N4S/c1-15-6-2-3-8-9(11)14(12)10(13-8)7-4-5-7/h7H,2-6,11-12H2,1H3. The van der Waals surface area contributed by atoms with Crippen LogP contribution in [0.3, 0.4) is 0 Å². The maximum Gasteiger partial charge on any atom is 0.145 e. The number of rotatable bonds is 5. The van der Waals surface area contributed by atoms with Gasteiger partial charge in [-0.15, -0.1) is 0 Å².